The molecule has 0 spiro atoms. The van der Waals surface area contributed by atoms with E-state index in [2.05, 4.69) is 15.1 Å². The van der Waals surface area contributed by atoms with Crippen LogP contribution in [0.5, 0.6) is 0 Å². The van der Waals surface area contributed by atoms with Crippen LogP contribution in [0.25, 0.3) is 0 Å². The zero-order valence-corrected chi connectivity index (χ0v) is 9.07. The van der Waals surface area contributed by atoms with Gasteiger partial charge in [-0.15, -0.1) is 0 Å². The summed E-state index contributed by atoms with van der Waals surface area (Å²) in [5.74, 6) is 2.15. The summed E-state index contributed by atoms with van der Waals surface area (Å²) < 4.78 is 0. The van der Waals surface area contributed by atoms with Crippen LogP contribution in [0.15, 0.2) is 11.0 Å². The van der Waals surface area contributed by atoms with Crippen LogP contribution < -0.4 is 10.5 Å². The molecule has 1 aromatic rings. The molecule has 1 saturated heterocycles. The highest BCUT2D eigenvalue weighted by Gasteiger charge is 2.15. The first-order valence-corrected chi connectivity index (χ1v) is 5.88. The van der Waals surface area contributed by atoms with Gasteiger partial charge >= 0.3 is 0 Å². The summed E-state index contributed by atoms with van der Waals surface area (Å²) in [6, 6.07) is 0. The average Bonchev–Trinajstić information content (AvgIpc) is 2.23. The van der Waals surface area contributed by atoms with Gasteiger partial charge in [0.05, 0.1) is 11.9 Å². The van der Waals surface area contributed by atoms with Crippen LogP contribution in [0.4, 0.5) is 5.69 Å². The van der Waals surface area contributed by atoms with Crippen molar-refractivity contribution >= 4 is 29.1 Å². The molecular weight excluding hydrogens is 222 g/mol. The minimum absolute atomic E-state index is 0.243. The monoisotopic (exact) mass is 231 g/mol. The highest BCUT2D eigenvalue weighted by Crippen LogP contribution is 2.23. The minimum atomic E-state index is -0.317. The van der Waals surface area contributed by atoms with Crippen molar-refractivity contribution in [2.24, 2.45) is 0 Å². The molecule has 76 valence electrons. The van der Waals surface area contributed by atoms with Gasteiger partial charge in [0.2, 0.25) is 0 Å². The molecule has 2 heterocycles. The normalized spacial score (nSPS) is 17.1. The fraction of sp³-hybridized carbons (Fsp3) is 0.500. The lowest BCUT2D eigenvalue weighted by atomic mass is 10.4. The number of nitrogens with zero attached hydrogens (tertiary/aromatic N) is 2. The van der Waals surface area contributed by atoms with E-state index in [4.69, 9.17) is 11.6 Å². The van der Waals surface area contributed by atoms with E-state index in [-0.39, 0.29) is 10.6 Å². The summed E-state index contributed by atoms with van der Waals surface area (Å²) in [7, 11) is 0. The molecular formula is C8H10ClN3OS. The van der Waals surface area contributed by atoms with Gasteiger partial charge < -0.3 is 4.90 Å². The first kappa shape index (κ1) is 9.86. The maximum absolute atomic E-state index is 11.2. The van der Waals surface area contributed by atoms with E-state index in [1.165, 1.54) is 0 Å². The Morgan fingerprint density at radius 2 is 2.21 bits per heavy atom. The lowest BCUT2D eigenvalue weighted by Gasteiger charge is -2.28. The van der Waals surface area contributed by atoms with E-state index in [9.17, 15) is 4.79 Å². The number of hydrogen-bond acceptors (Lipinski definition) is 4. The fourth-order valence-electron chi connectivity index (χ4n) is 1.40. The maximum Gasteiger partial charge on any atom is 0.285 e. The first-order valence-electron chi connectivity index (χ1n) is 4.35. The molecule has 2 rings (SSSR count). The quantitative estimate of drug-likeness (QED) is 0.783. The van der Waals surface area contributed by atoms with Gasteiger partial charge in [-0.25, -0.2) is 5.10 Å². The molecule has 6 heteroatoms. The number of nitrogens with one attached hydrogen (secondary N) is 1. The third kappa shape index (κ3) is 1.88. The maximum atomic E-state index is 11.2. The predicted molar refractivity (Wildman–Crippen MR) is 59.4 cm³/mol. The van der Waals surface area contributed by atoms with Crippen molar-refractivity contribution in [3.63, 3.8) is 0 Å². The minimum Gasteiger partial charge on any atom is -0.367 e. The van der Waals surface area contributed by atoms with Crippen LogP contribution >= 0.6 is 23.4 Å². The molecule has 0 atom stereocenters. The summed E-state index contributed by atoms with van der Waals surface area (Å²) in [6.45, 7) is 1.85. The second kappa shape index (κ2) is 4.23. The zero-order chi connectivity index (χ0) is 9.97. The van der Waals surface area contributed by atoms with Crippen molar-refractivity contribution < 1.29 is 0 Å². The zero-order valence-electron chi connectivity index (χ0n) is 7.49. The van der Waals surface area contributed by atoms with E-state index < -0.39 is 0 Å². The van der Waals surface area contributed by atoms with Crippen molar-refractivity contribution in [2.75, 3.05) is 29.5 Å². The highest BCUT2D eigenvalue weighted by molar-refractivity contribution is 7.99. The van der Waals surface area contributed by atoms with Gasteiger partial charge in [0.1, 0.15) is 5.02 Å². The van der Waals surface area contributed by atoms with Crippen molar-refractivity contribution in [1.82, 2.24) is 10.2 Å². The molecule has 4 nitrogen and oxygen atoms in total. The van der Waals surface area contributed by atoms with Gasteiger partial charge in [-0.3, -0.25) is 4.79 Å². The Morgan fingerprint density at radius 1 is 1.50 bits per heavy atom. The van der Waals surface area contributed by atoms with Crippen LogP contribution in [-0.2, 0) is 0 Å². The van der Waals surface area contributed by atoms with Crippen molar-refractivity contribution in [1.29, 1.82) is 0 Å². The SMILES string of the molecule is O=c1[nH]ncc(N2CCSCC2)c1Cl. The number of thioether (sulfide) groups is 1. The van der Waals surface area contributed by atoms with Crippen LogP contribution in [-0.4, -0.2) is 34.8 Å². The number of aromatic amines is 1. The largest absolute Gasteiger partial charge is 0.367 e. The fourth-order valence-corrected chi connectivity index (χ4v) is 2.51. The molecule has 0 aromatic carbocycles. The van der Waals surface area contributed by atoms with Gasteiger partial charge in [0, 0.05) is 24.6 Å². The van der Waals surface area contributed by atoms with Crippen LogP contribution in [0.3, 0.4) is 0 Å². The Bertz CT molecular complexity index is 375. The van der Waals surface area contributed by atoms with Crippen molar-refractivity contribution in [2.45, 2.75) is 0 Å². The first-order chi connectivity index (χ1) is 6.79. The summed E-state index contributed by atoms with van der Waals surface area (Å²) in [5, 5.41) is 6.30. The number of hydrogen-bond donors (Lipinski definition) is 1. The molecule has 0 saturated carbocycles. The Hall–Kier alpha value is -0.680. The third-order valence-electron chi connectivity index (χ3n) is 2.13. The molecule has 0 unspecified atom stereocenters. The Balaban J connectivity index is 2.30. The molecule has 1 N–H and O–H groups in total. The molecule has 0 amide bonds. The Morgan fingerprint density at radius 3 is 2.93 bits per heavy atom. The number of aromatic nitrogens is 2. The van der Waals surface area contributed by atoms with Crippen molar-refractivity contribution in [3.05, 3.63) is 21.6 Å². The highest BCUT2D eigenvalue weighted by atomic mass is 35.5. The van der Waals surface area contributed by atoms with Gasteiger partial charge in [0.15, 0.2) is 0 Å². The molecule has 0 bridgehead atoms. The van der Waals surface area contributed by atoms with Gasteiger partial charge in [-0.2, -0.15) is 16.9 Å². The summed E-state index contributed by atoms with van der Waals surface area (Å²) in [5.41, 5.74) is 0.429. The van der Waals surface area contributed by atoms with Gasteiger partial charge in [-0.05, 0) is 0 Å². The molecule has 1 aliphatic heterocycles. The molecule has 14 heavy (non-hydrogen) atoms. The number of anilines is 1. The number of H-pyrrole nitrogens is 1. The predicted octanol–water partition coefficient (Wildman–Crippen LogP) is 0.976. The van der Waals surface area contributed by atoms with E-state index in [1.54, 1.807) is 6.20 Å². The summed E-state index contributed by atoms with van der Waals surface area (Å²) in [6.07, 6.45) is 1.61. The molecule has 1 aromatic heterocycles. The molecule has 1 aliphatic rings. The third-order valence-corrected chi connectivity index (χ3v) is 3.44. The molecule has 1 fully saturated rings. The number of rotatable bonds is 1. The smallest absolute Gasteiger partial charge is 0.285 e. The number of halogens is 1. The lowest BCUT2D eigenvalue weighted by Crippen LogP contribution is -2.33. The topological polar surface area (TPSA) is 49.0 Å². The van der Waals surface area contributed by atoms with Crippen LogP contribution in [0.1, 0.15) is 0 Å². The van der Waals surface area contributed by atoms with Crippen molar-refractivity contribution in [3.8, 4) is 0 Å². The van der Waals surface area contributed by atoms with E-state index >= 15 is 0 Å². The summed E-state index contributed by atoms with van der Waals surface area (Å²) in [4.78, 5) is 13.3. The molecule has 0 aliphatic carbocycles. The second-order valence-electron chi connectivity index (χ2n) is 3.00. The van der Waals surface area contributed by atoms with E-state index in [1.807, 2.05) is 11.8 Å². The average molecular weight is 232 g/mol. The standard InChI is InChI=1S/C8H10ClN3OS/c9-7-6(5-10-11-8(7)13)12-1-3-14-4-2-12/h5H,1-4H2,(H,11,13). The second-order valence-corrected chi connectivity index (χ2v) is 4.60. The summed E-state index contributed by atoms with van der Waals surface area (Å²) >= 11 is 7.81. The lowest BCUT2D eigenvalue weighted by molar-refractivity contribution is 0.843. The molecule has 0 radical (unpaired) electrons. The Labute approximate surface area is 90.6 Å². The van der Waals surface area contributed by atoms with Crippen LogP contribution in [0.2, 0.25) is 5.02 Å². The Kier molecular flexibility index (Phi) is 2.98. The van der Waals surface area contributed by atoms with E-state index in [0.29, 0.717) is 0 Å². The van der Waals surface area contributed by atoms with E-state index in [0.717, 1.165) is 30.3 Å². The van der Waals surface area contributed by atoms with Crippen LogP contribution in [0, 0.1) is 0 Å². The van der Waals surface area contributed by atoms with Gasteiger partial charge in [-0.1, -0.05) is 11.6 Å². The van der Waals surface area contributed by atoms with Gasteiger partial charge in [0.25, 0.3) is 5.56 Å².